The lowest BCUT2D eigenvalue weighted by atomic mass is 10.1. The molecule has 0 radical (unpaired) electrons. The molecule has 0 saturated carbocycles. The van der Waals surface area contributed by atoms with Gasteiger partial charge in [0.2, 0.25) is 5.82 Å². The third-order valence-electron chi connectivity index (χ3n) is 4.36. The van der Waals surface area contributed by atoms with Crippen molar-refractivity contribution in [3.05, 3.63) is 87.7 Å². The molecule has 0 aliphatic heterocycles. The fourth-order valence-electron chi connectivity index (χ4n) is 2.89. The highest BCUT2D eigenvalue weighted by Crippen LogP contribution is 2.37. The van der Waals surface area contributed by atoms with Crippen LogP contribution in [0.2, 0.25) is 5.02 Å². The summed E-state index contributed by atoms with van der Waals surface area (Å²) in [6.07, 6.45) is 1.21. The maximum atomic E-state index is 11.8. The van der Waals surface area contributed by atoms with Crippen LogP contribution in [0.3, 0.4) is 0 Å². The summed E-state index contributed by atoms with van der Waals surface area (Å²) < 4.78 is 5.85. The first kappa shape index (κ1) is 18.6. The molecule has 144 valence electrons. The first-order valence-electron chi connectivity index (χ1n) is 8.71. The molecule has 0 amide bonds. The Morgan fingerprint density at radius 1 is 1.07 bits per heavy atom. The number of fused-ring (bicyclic) bond motifs is 1. The Morgan fingerprint density at radius 3 is 2.66 bits per heavy atom. The van der Waals surface area contributed by atoms with Crippen LogP contribution in [0.1, 0.15) is 5.56 Å². The van der Waals surface area contributed by atoms with Crippen molar-refractivity contribution < 1.29 is 9.66 Å². The zero-order chi connectivity index (χ0) is 20.4. The minimum atomic E-state index is -0.571. The lowest BCUT2D eigenvalue weighted by molar-refractivity contribution is -0.385. The molecule has 0 bridgehead atoms. The van der Waals surface area contributed by atoms with E-state index in [0.717, 1.165) is 16.3 Å². The quantitative estimate of drug-likeness (QED) is 0.321. The molecular weight excluding hydrogens is 392 g/mol. The summed E-state index contributed by atoms with van der Waals surface area (Å²) in [7, 11) is 0. The van der Waals surface area contributed by atoms with E-state index < -0.39 is 4.92 Å². The second kappa shape index (κ2) is 7.73. The summed E-state index contributed by atoms with van der Waals surface area (Å²) in [5, 5.41) is 17.0. The molecule has 29 heavy (non-hydrogen) atoms. The maximum Gasteiger partial charge on any atom is 0.373 e. The van der Waals surface area contributed by atoms with Crippen molar-refractivity contribution >= 4 is 39.6 Å². The standard InChI is InChI=1S/C21H15ClN4O3/c1-13-9-10-15(11-17(13)22)25-20-19(26(27)28)21(24-12-23-20)29-18-8-4-6-14-5-2-3-7-16(14)18/h2-12H,1H3,(H,23,24,25). The van der Waals surface area contributed by atoms with Crippen LogP contribution in [0.5, 0.6) is 11.6 Å². The molecule has 0 saturated heterocycles. The van der Waals surface area contributed by atoms with Crippen LogP contribution >= 0.6 is 11.6 Å². The van der Waals surface area contributed by atoms with Crippen LogP contribution in [0.4, 0.5) is 17.2 Å². The Kier molecular flexibility index (Phi) is 4.97. The second-order valence-electron chi connectivity index (χ2n) is 6.30. The van der Waals surface area contributed by atoms with Gasteiger partial charge in [0.25, 0.3) is 0 Å². The smallest absolute Gasteiger partial charge is 0.373 e. The molecule has 0 unspecified atom stereocenters. The number of rotatable bonds is 5. The molecule has 0 atom stereocenters. The zero-order valence-electron chi connectivity index (χ0n) is 15.3. The van der Waals surface area contributed by atoms with Gasteiger partial charge in [-0.05, 0) is 36.1 Å². The van der Waals surface area contributed by atoms with Crippen molar-refractivity contribution in [3.63, 3.8) is 0 Å². The van der Waals surface area contributed by atoms with Gasteiger partial charge in [-0.15, -0.1) is 0 Å². The molecule has 4 aromatic rings. The number of aryl methyl sites for hydroxylation is 1. The van der Waals surface area contributed by atoms with E-state index >= 15 is 0 Å². The van der Waals surface area contributed by atoms with Crippen molar-refractivity contribution in [2.45, 2.75) is 6.92 Å². The fraction of sp³-hybridized carbons (Fsp3) is 0.0476. The Balaban J connectivity index is 1.75. The number of nitrogens with one attached hydrogen (secondary N) is 1. The Hall–Kier alpha value is -3.71. The Bertz CT molecular complexity index is 1220. The van der Waals surface area contributed by atoms with Crippen LogP contribution in [0, 0.1) is 17.0 Å². The minimum Gasteiger partial charge on any atom is -0.433 e. The number of anilines is 2. The minimum absolute atomic E-state index is 0.0140. The van der Waals surface area contributed by atoms with E-state index in [-0.39, 0.29) is 17.4 Å². The number of benzene rings is 3. The Morgan fingerprint density at radius 2 is 1.86 bits per heavy atom. The summed E-state index contributed by atoms with van der Waals surface area (Å²) in [4.78, 5) is 19.2. The van der Waals surface area contributed by atoms with E-state index in [9.17, 15) is 10.1 Å². The molecular formula is C21H15ClN4O3. The van der Waals surface area contributed by atoms with E-state index in [1.54, 1.807) is 18.2 Å². The molecule has 7 nitrogen and oxygen atoms in total. The van der Waals surface area contributed by atoms with Crippen LogP contribution < -0.4 is 10.1 Å². The summed E-state index contributed by atoms with van der Waals surface area (Å²) in [5.41, 5.74) is 1.10. The van der Waals surface area contributed by atoms with Crippen molar-refractivity contribution in [1.29, 1.82) is 0 Å². The van der Waals surface area contributed by atoms with Gasteiger partial charge in [-0.3, -0.25) is 10.1 Å². The first-order chi connectivity index (χ1) is 14.0. The lowest BCUT2D eigenvalue weighted by Gasteiger charge is -2.11. The highest BCUT2D eigenvalue weighted by molar-refractivity contribution is 6.31. The largest absolute Gasteiger partial charge is 0.433 e. The zero-order valence-corrected chi connectivity index (χ0v) is 16.1. The predicted octanol–water partition coefficient (Wildman–Crippen LogP) is 6.04. The number of nitro groups is 1. The van der Waals surface area contributed by atoms with Crippen LogP contribution in [0.15, 0.2) is 67.0 Å². The first-order valence-corrected chi connectivity index (χ1v) is 9.09. The fourth-order valence-corrected chi connectivity index (χ4v) is 3.07. The van der Waals surface area contributed by atoms with Gasteiger partial charge >= 0.3 is 11.6 Å². The third kappa shape index (κ3) is 3.81. The average molecular weight is 407 g/mol. The molecule has 1 aromatic heterocycles. The van der Waals surface area contributed by atoms with Crippen molar-refractivity contribution in [3.8, 4) is 11.6 Å². The average Bonchev–Trinajstić information content (AvgIpc) is 2.71. The normalized spacial score (nSPS) is 10.7. The molecule has 0 fully saturated rings. The predicted molar refractivity (Wildman–Crippen MR) is 112 cm³/mol. The van der Waals surface area contributed by atoms with E-state index in [0.29, 0.717) is 16.5 Å². The van der Waals surface area contributed by atoms with Gasteiger partial charge in [0.05, 0.1) is 4.92 Å². The topological polar surface area (TPSA) is 90.2 Å². The van der Waals surface area contributed by atoms with E-state index in [1.807, 2.05) is 49.4 Å². The van der Waals surface area contributed by atoms with Gasteiger partial charge in [0.15, 0.2) is 0 Å². The molecule has 1 heterocycles. The summed E-state index contributed by atoms with van der Waals surface area (Å²) in [6.45, 7) is 1.87. The van der Waals surface area contributed by atoms with Gasteiger partial charge in [0, 0.05) is 16.1 Å². The van der Waals surface area contributed by atoms with E-state index in [2.05, 4.69) is 15.3 Å². The van der Waals surface area contributed by atoms with E-state index in [1.165, 1.54) is 6.33 Å². The number of halogens is 1. The van der Waals surface area contributed by atoms with Crippen LogP contribution in [0.25, 0.3) is 10.8 Å². The Labute approximate surface area is 171 Å². The molecule has 8 heteroatoms. The van der Waals surface area contributed by atoms with Crippen molar-refractivity contribution in [1.82, 2.24) is 9.97 Å². The monoisotopic (exact) mass is 406 g/mol. The van der Waals surface area contributed by atoms with E-state index in [4.69, 9.17) is 16.3 Å². The van der Waals surface area contributed by atoms with Gasteiger partial charge in [-0.2, -0.15) is 4.98 Å². The second-order valence-corrected chi connectivity index (χ2v) is 6.71. The number of aromatic nitrogens is 2. The molecule has 0 spiro atoms. The van der Waals surface area contributed by atoms with Gasteiger partial charge in [0.1, 0.15) is 12.1 Å². The molecule has 1 N–H and O–H groups in total. The maximum absolute atomic E-state index is 11.8. The molecule has 3 aromatic carbocycles. The number of hydrogen-bond acceptors (Lipinski definition) is 6. The highest BCUT2D eigenvalue weighted by atomic mass is 35.5. The summed E-state index contributed by atoms with van der Waals surface area (Å²) in [5.74, 6) is 0.330. The summed E-state index contributed by atoms with van der Waals surface area (Å²) in [6, 6.07) is 18.3. The van der Waals surface area contributed by atoms with Gasteiger partial charge < -0.3 is 10.1 Å². The third-order valence-corrected chi connectivity index (χ3v) is 4.77. The van der Waals surface area contributed by atoms with Crippen LogP contribution in [-0.2, 0) is 0 Å². The van der Waals surface area contributed by atoms with Crippen molar-refractivity contribution in [2.24, 2.45) is 0 Å². The van der Waals surface area contributed by atoms with Gasteiger partial charge in [-0.25, -0.2) is 4.98 Å². The lowest BCUT2D eigenvalue weighted by Crippen LogP contribution is -2.03. The number of nitrogens with zero attached hydrogens (tertiary/aromatic N) is 3. The number of hydrogen-bond donors (Lipinski definition) is 1. The highest BCUT2D eigenvalue weighted by Gasteiger charge is 2.25. The molecule has 0 aliphatic carbocycles. The molecule has 0 aliphatic rings. The molecule has 4 rings (SSSR count). The summed E-state index contributed by atoms with van der Waals surface area (Å²) >= 11 is 6.15. The SMILES string of the molecule is Cc1ccc(Nc2ncnc(Oc3cccc4ccccc34)c2[N+](=O)[O-])cc1Cl. The van der Waals surface area contributed by atoms with Gasteiger partial charge in [-0.1, -0.05) is 54.1 Å². The van der Waals surface area contributed by atoms with Crippen LogP contribution in [-0.4, -0.2) is 14.9 Å². The number of ether oxygens (including phenoxy) is 1. The van der Waals surface area contributed by atoms with Crippen molar-refractivity contribution in [2.75, 3.05) is 5.32 Å².